The first-order chi connectivity index (χ1) is 8.88. The summed E-state index contributed by atoms with van der Waals surface area (Å²) in [5.74, 6) is 0. The van der Waals surface area contributed by atoms with Crippen molar-refractivity contribution in [2.24, 2.45) is 0 Å². The van der Waals surface area contributed by atoms with Gasteiger partial charge in [0.1, 0.15) is 0 Å². The van der Waals surface area contributed by atoms with Gasteiger partial charge in [-0.3, -0.25) is 4.98 Å². The summed E-state index contributed by atoms with van der Waals surface area (Å²) in [7, 11) is 1.60. The first-order valence-corrected chi connectivity index (χ1v) is 5.79. The standard InChI is InChI=1S/C13H14F3N3/c1-19(7-6-13(14,15)16)12-9-4-2-3-5-11(9)18-8-10(12)17/h2-5,8H,6-7,17H2,1H3. The van der Waals surface area contributed by atoms with Gasteiger partial charge in [-0.15, -0.1) is 0 Å². The van der Waals surface area contributed by atoms with E-state index in [1.807, 2.05) is 12.1 Å². The number of para-hydroxylation sites is 1. The fourth-order valence-corrected chi connectivity index (χ4v) is 1.97. The lowest BCUT2D eigenvalue weighted by Crippen LogP contribution is -2.25. The molecule has 2 N–H and O–H groups in total. The van der Waals surface area contributed by atoms with Crippen LogP contribution in [0.2, 0.25) is 0 Å². The van der Waals surface area contributed by atoms with Crippen molar-refractivity contribution in [1.29, 1.82) is 0 Å². The van der Waals surface area contributed by atoms with Gasteiger partial charge in [-0.2, -0.15) is 13.2 Å². The monoisotopic (exact) mass is 269 g/mol. The van der Waals surface area contributed by atoms with E-state index in [2.05, 4.69) is 4.98 Å². The van der Waals surface area contributed by atoms with Gasteiger partial charge in [0.25, 0.3) is 0 Å². The van der Waals surface area contributed by atoms with Crippen LogP contribution in [0.3, 0.4) is 0 Å². The summed E-state index contributed by atoms with van der Waals surface area (Å²) < 4.78 is 36.8. The predicted molar refractivity (Wildman–Crippen MR) is 70.1 cm³/mol. The van der Waals surface area contributed by atoms with Gasteiger partial charge in [0, 0.05) is 19.0 Å². The number of rotatable bonds is 3. The third-order valence-electron chi connectivity index (χ3n) is 2.89. The van der Waals surface area contributed by atoms with Crippen molar-refractivity contribution in [3.63, 3.8) is 0 Å². The molecule has 1 heterocycles. The number of aromatic nitrogens is 1. The number of anilines is 2. The van der Waals surface area contributed by atoms with Crippen molar-refractivity contribution in [1.82, 2.24) is 4.98 Å². The normalized spacial score (nSPS) is 11.8. The minimum Gasteiger partial charge on any atom is -0.396 e. The molecule has 0 aliphatic carbocycles. The van der Waals surface area contributed by atoms with E-state index in [4.69, 9.17) is 5.73 Å². The number of hydrogen-bond acceptors (Lipinski definition) is 3. The highest BCUT2D eigenvalue weighted by Gasteiger charge is 2.27. The summed E-state index contributed by atoms with van der Waals surface area (Å²) in [4.78, 5) is 5.68. The van der Waals surface area contributed by atoms with E-state index in [9.17, 15) is 13.2 Å². The van der Waals surface area contributed by atoms with Crippen LogP contribution in [-0.4, -0.2) is 24.8 Å². The summed E-state index contributed by atoms with van der Waals surface area (Å²) in [6, 6.07) is 7.24. The maximum atomic E-state index is 12.3. The zero-order valence-electron chi connectivity index (χ0n) is 10.4. The Kier molecular flexibility index (Phi) is 3.50. The molecule has 0 amide bonds. The lowest BCUT2D eigenvalue weighted by atomic mass is 10.1. The van der Waals surface area contributed by atoms with Crippen LogP contribution < -0.4 is 10.6 Å². The van der Waals surface area contributed by atoms with Crippen molar-refractivity contribution in [2.45, 2.75) is 12.6 Å². The molecule has 0 saturated heterocycles. The largest absolute Gasteiger partial charge is 0.396 e. The van der Waals surface area contributed by atoms with Crippen molar-refractivity contribution in [3.05, 3.63) is 30.5 Å². The average Bonchev–Trinajstić information content (AvgIpc) is 2.35. The Bertz CT molecular complexity index is 581. The number of hydrogen-bond donors (Lipinski definition) is 1. The van der Waals surface area contributed by atoms with E-state index in [0.717, 1.165) is 5.39 Å². The number of halogens is 3. The predicted octanol–water partition coefficient (Wildman–Crippen LogP) is 3.21. The molecule has 0 fully saturated rings. The SMILES string of the molecule is CN(CCC(F)(F)F)c1c(N)cnc2ccccc12. The number of nitrogen functional groups attached to an aromatic ring is 1. The van der Waals surface area contributed by atoms with Crippen molar-refractivity contribution in [3.8, 4) is 0 Å². The molecule has 0 bridgehead atoms. The van der Waals surface area contributed by atoms with Crippen molar-refractivity contribution in [2.75, 3.05) is 24.2 Å². The van der Waals surface area contributed by atoms with Crippen LogP contribution in [0.25, 0.3) is 10.9 Å². The number of alkyl halides is 3. The Labute approximate surface area is 108 Å². The second-order valence-corrected chi connectivity index (χ2v) is 4.37. The molecule has 19 heavy (non-hydrogen) atoms. The number of nitrogens with zero attached hydrogens (tertiary/aromatic N) is 2. The Morgan fingerprint density at radius 3 is 2.63 bits per heavy atom. The quantitative estimate of drug-likeness (QED) is 0.930. The van der Waals surface area contributed by atoms with Crippen molar-refractivity contribution < 1.29 is 13.2 Å². The molecular weight excluding hydrogens is 255 g/mol. The molecule has 2 rings (SSSR count). The van der Waals surface area contributed by atoms with E-state index < -0.39 is 12.6 Å². The third kappa shape index (κ3) is 3.07. The van der Waals surface area contributed by atoms with Crippen LogP contribution in [0.4, 0.5) is 24.5 Å². The van der Waals surface area contributed by atoms with Gasteiger partial charge in [-0.1, -0.05) is 18.2 Å². The van der Waals surface area contributed by atoms with E-state index in [1.165, 1.54) is 11.1 Å². The summed E-state index contributed by atoms with van der Waals surface area (Å²) in [6.45, 7) is -0.137. The minimum atomic E-state index is -4.17. The first kappa shape index (κ1) is 13.5. The molecule has 0 spiro atoms. The molecule has 0 saturated carbocycles. The van der Waals surface area contributed by atoms with E-state index in [0.29, 0.717) is 16.9 Å². The fourth-order valence-electron chi connectivity index (χ4n) is 1.97. The van der Waals surface area contributed by atoms with Crippen LogP contribution in [0.5, 0.6) is 0 Å². The Hall–Kier alpha value is -1.98. The molecule has 102 valence electrons. The highest BCUT2D eigenvalue weighted by Crippen LogP contribution is 2.31. The highest BCUT2D eigenvalue weighted by molar-refractivity contribution is 5.97. The van der Waals surface area contributed by atoms with Gasteiger partial charge in [-0.25, -0.2) is 0 Å². The highest BCUT2D eigenvalue weighted by atomic mass is 19.4. The summed E-state index contributed by atoms with van der Waals surface area (Å²) in [6.07, 6.45) is -3.58. The second-order valence-electron chi connectivity index (χ2n) is 4.37. The van der Waals surface area contributed by atoms with Gasteiger partial charge in [-0.05, 0) is 6.07 Å². The Morgan fingerprint density at radius 2 is 1.95 bits per heavy atom. The van der Waals surface area contributed by atoms with E-state index in [1.54, 1.807) is 19.2 Å². The zero-order valence-corrected chi connectivity index (χ0v) is 10.4. The first-order valence-electron chi connectivity index (χ1n) is 5.79. The van der Waals surface area contributed by atoms with Gasteiger partial charge in [0.15, 0.2) is 0 Å². The molecule has 1 aromatic heterocycles. The molecule has 3 nitrogen and oxygen atoms in total. The molecule has 0 unspecified atom stereocenters. The molecule has 0 aliphatic heterocycles. The lowest BCUT2D eigenvalue weighted by molar-refractivity contribution is -0.132. The van der Waals surface area contributed by atoms with Gasteiger partial charge < -0.3 is 10.6 Å². The van der Waals surface area contributed by atoms with E-state index in [-0.39, 0.29) is 6.54 Å². The molecule has 6 heteroatoms. The Morgan fingerprint density at radius 1 is 1.26 bits per heavy atom. The molecule has 2 aromatic rings. The summed E-state index contributed by atoms with van der Waals surface area (Å²) in [5, 5.41) is 0.757. The van der Waals surface area contributed by atoms with E-state index >= 15 is 0 Å². The van der Waals surface area contributed by atoms with Gasteiger partial charge in [0.2, 0.25) is 0 Å². The zero-order chi connectivity index (χ0) is 14.0. The van der Waals surface area contributed by atoms with Crippen LogP contribution in [0.1, 0.15) is 6.42 Å². The lowest BCUT2D eigenvalue weighted by Gasteiger charge is -2.23. The maximum Gasteiger partial charge on any atom is 0.390 e. The average molecular weight is 269 g/mol. The van der Waals surface area contributed by atoms with Gasteiger partial charge >= 0.3 is 6.18 Å². The number of nitrogens with two attached hydrogens (primary N) is 1. The van der Waals surface area contributed by atoms with Gasteiger partial charge in [0.05, 0.1) is 29.5 Å². The fraction of sp³-hybridized carbons (Fsp3) is 0.308. The van der Waals surface area contributed by atoms with Crippen LogP contribution >= 0.6 is 0 Å². The number of pyridine rings is 1. The number of fused-ring (bicyclic) bond motifs is 1. The molecule has 0 aliphatic rings. The molecule has 0 radical (unpaired) electrons. The molecule has 1 aromatic carbocycles. The maximum absolute atomic E-state index is 12.3. The smallest absolute Gasteiger partial charge is 0.390 e. The van der Waals surface area contributed by atoms with Crippen LogP contribution in [-0.2, 0) is 0 Å². The van der Waals surface area contributed by atoms with Crippen LogP contribution in [0.15, 0.2) is 30.5 Å². The summed E-state index contributed by atoms with van der Waals surface area (Å²) >= 11 is 0. The molecule has 0 atom stereocenters. The molecular formula is C13H14F3N3. The second kappa shape index (κ2) is 4.95. The Balaban J connectivity index is 2.35. The minimum absolute atomic E-state index is 0.137. The summed E-state index contributed by atoms with van der Waals surface area (Å²) in [5.41, 5.74) is 7.53. The topological polar surface area (TPSA) is 42.1 Å². The number of benzene rings is 1. The van der Waals surface area contributed by atoms with Crippen molar-refractivity contribution >= 4 is 22.3 Å². The van der Waals surface area contributed by atoms with Crippen LogP contribution in [0, 0.1) is 0 Å². The third-order valence-corrected chi connectivity index (χ3v) is 2.89.